The van der Waals surface area contributed by atoms with Gasteiger partial charge in [-0.15, -0.1) is 0 Å². The van der Waals surface area contributed by atoms with Gasteiger partial charge in [0.25, 0.3) is 5.91 Å². The number of aromatic nitrogens is 2. The number of benzene rings is 1. The van der Waals surface area contributed by atoms with Crippen LogP contribution in [0.2, 0.25) is 0 Å². The summed E-state index contributed by atoms with van der Waals surface area (Å²) in [6, 6.07) is 8.76. The fourth-order valence-corrected chi connectivity index (χ4v) is 3.35. The number of hydrogen-bond donors (Lipinski definition) is 1. The Morgan fingerprint density at radius 2 is 2.15 bits per heavy atom. The second kappa shape index (κ2) is 8.62. The minimum absolute atomic E-state index is 0.0599. The molecule has 0 saturated carbocycles. The summed E-state index contributed by atoms with van der Waals surface area (Å²) in [6.45, 7) is 2.88. The lowest BCUT2D eigenvalue weighted by atomic mass is 9.99. The normalized spacial score (nSPS) is 16.7. The zero-order valence-electron chi connectivity index (χ0n) is 15.6. The highest BCUT2D eigenvalue weighted by molar-refractivity contribution is 5.93. The van der Waals surface area contributed by atoms with E-state index in [4.69, 9.17) is 4.74 Å². The van der Waals surface area contributed by atoms with Gasteiger partial charge in [-0.05, 0) is 49.9 Å². The topological polar surface area (TPSA) is 84.4 Å². The molecule has 1 aromatic heterocycles. The second-order valence-electron chi connectivity index (χ2n) is 6.52. The fourth-order valence-electron chi connectivity index (χ4n) is 3.35. The maximum absolute atomic E-state index is 12.9. The first kappa shape index (κ1) is 18.8. The Labute approximate surface area is 158 Å². The van der Waals surface area contributed by atoms with Crippen molar-refractivity contribution in [2.45, 2.75) is 38.6 Å². The average Bonchev–Trinajstić information content (AvgIpc) is 2.73. The number of amides is 1. The minimum atomic E-state index is -0.417. The zero-order valence-corrected chi connectivity index (χ0v) is 15.6. The van der Waals surface area contributed by atoms with Crippen molar-refractivity contribution in [3.63, 3.8) is 0 Å². The highest BCUT2D eigenvalue weighted by Crippen LogP contribution is 2.22. The van der Waals surface area contributed by atoms with Crippen LogP contribution in [0.15, 0.2) is 36.5 Å². The second-order valence-corrected chi connectivity index (χ2v) is 6.52. The van der Waals surface area contributed by atoms with Gasteiger partial charge in [-0.2, -0.15) is 0 Å². The molecule has 1 saturated heterocycles. The standard InChI is InChI=1S/C20H24N4O3/c1-3-16-9-4-5-12-24(16)18(25)17-10-11-21-20(23-17)22-15-8-6-7-14(13-15)19(26)27-2/h6-8,10-11,13,16H,3-5,9,12H2,1-2H3,(H,21,22,23). The third-order valence-corrected chi connectivity index (χ3v) is 4.77. The number of ether oxygens (including phenoxy) is 1. The van der Waals surface area contributed by atoms with Crippen molar-refractivity contribution < 1.29 is 14.3 Å². The van der Waals surface area contributed by atoms with Crippen LogP contribution in [0.5, 0.6) is 0 Å². The number of nitrogens with zero attached hydrogens (tertiary/aromatic N) is 3. The molecule has 2 aromatic rings. The summed E-state index contributed by atoms with van der Waals surface area (Å²) in [5.41, 5.74) is 1.44. The van der Waals surface area contributed by atoms with Gasteiger partial charge in [0, 0.05) is 24.5 Å². The van der Waals surface area contributed by atoms with E-state index < -0.39 is 5.97 Å². The molecule has 1 N–H and O–H groups in total. The Kier molecular flexibility index (Phi) is 6.01. The molecule has 1 atom stereocenters. The van der Waals surface area contributed by atoms with Crippen LogP contribution in [0.3, 0.4) is 0 Å². The van der Waals surface area contributed by atoms with Gasteiger partial charge in [-0.1, -0.05) is 13.0 Å². The summed E-state index contributed by atoms with van der Waals surface area (Å²) in [7, 11) is 1.34. The van der Waals surface area contributed by atoms with Crippen molar-refractivity contribution in [3.05, 3.63) is 47.8 Å². The van der Waals surface area contributed by atoms with Crippen molar-refractivity contribution in [3.8, 4) is 0 Å². The first-order valence-corrected chi connectivity index (χ1v) is 9.21. The van der Waals surface area contributed by atoms with E-state index in [1.807, 2.05) is 4.90 Å². The Morgan fingerprint density at radius 3 is 2.93 bits per heavy atom. The molecular weight excluding hydrogens is 344 g/mol. The fraction of sp³-hybridized carbons (Fsp3) is 0.400. The first-order chi connectivity index (χ1) is 13.1. The lowest BCUT2D eigenvalue weighted by Crippen LogP contribution is -2.43. The number of esters is 1. The van der Waals surface area contributed by atoms with Crippen molar-refractivity contribution in [2.24, 2.45) is 0 Å². The SMILES string of the molecule is CCC1CCCCN1C(=O)c1ccnc(Nc2cccc(C(=O)OC)c2)n1. The monoisotopic (exact) mass is 368 g/mol. The zero-order chi connectivity index (χ0) is 19.2. The van der Waals surface area contributed by atoms with Gasteiger partial charge >= 0.3 is 5.97 Å². The molecule has 3 rings (SSSR count). The molecule has 0 aliphatic carbocycles. The van der Waals surface area contributed by atoms with Crippen LogP contribution in [-0.2, 0) is 4.74 Å². The first-order valence-electron chi connectivity index (χ1n) is 9.21. The van der Waals surface area contributed by atoms with E-state index in [9.17, 15) is 9.59 Å². The van der Waals surface area contributed by atoms with Crippen LogP contribution in [0.25, 0.3) is 0 Å². The number of piperidine rings is 1. The number of carbonyl (C=O) groups excluding carboxylic acids is 2. The van der Waals surface area contributed by atoms with Crippen molar-refractivity contribution in [2.75, 3.05) is 19.0 Å². The Hall–Kier alpha value is -2.96. The molecule has 0 bridgehead atoms. The van der Waals surface area contributed by atoms with Crippen molar-refractivity contribution >= 4 is 23.5 Å². The average molecular weight is 368 g/mol. The van der Waals surface area contributed by atoms with E-state index in [1.165, 1.54) is 7.11 Å². The summed E-state index contributed by atoms with van der Waals surface area (Å²) in [4.78, 5) is 35.1. The Bertz CT molecular complexity index is 824. The quantitative estimate of drug-likeness (QED) is 0.814. The molecule has 7 nitrogen and oxygen atoms in total. The number of anilines is 2. The molecule has 1 unspecified atom stereocenters. The molecule has 1 fully saturated rings. The molecule has 0 radical (unpaired) electrons. The molecule has 2 heterocycles. The third kappa shape index (κ3) is 4.42. The smallest absolute Gasteiger partial charge is 0.337 e. The Balaban J connectivity index is 1.77. The predicted octanol–water partition coefficient (Wildman–Crippen LogP) is 3.41. The molecule has 27 heavy (non-hydrogen) atoms. The van der Waals surface area contributed by atoms with Crippen LogP contribution in [-0.4, -0.2) is 46.4 Å². The van der Waals surface area contributed by atoms with Gasteiger partial charge in [-0.3, -0.25) is 4.79 Å². The predicted molar refractivity (Wildman–Crippen MR) is 102 cm³/mol. The lowest BCUT2D eigenvalue weighted by molar-refractivity contribution is 0.0593. The number of nitrogens with one attached hydrogen (secondary N) is 1. The maximum Gasteiger partial charge on any atom is 0.337 e. The number of methoxy groups -OCH3 is 1. The van der Waals surface area contributed by atoms with E-state index in [0.29, 0.717) is 22.9 Å². The molecular formula is C20H24N4O3. The molecule has 1 amide bonds. The van der Waals surface area contributed by atoms with Gasteiger partial charge in [0.1, 0.15) is 5.69 Å². The number of carbonyl (C=O) groups is 2. The summed E-state index contributed by atoms with van der Waals surface area (Å²) in [5, 5.41) is 3.05. The van der Waals surface area contributed by atoms with E-state index >= 15 is 0 Å². The molecule has 1 aliphatic rings. The van der Waals surface area contributed by atoms with Gasteiger partial charge in [0.15, 0.2) is 0 Å². The summed E-state index contributed by atoms with van der Waals surface area (Å²) in [5.74, 6) is -0.164. The largest absolute Gasteiger partial charge is 0.465 e. The molecule has 0 spiro atoms. The van der Waals surface area contributed by atoms with Gasteiger partial charge in [0.2, 0.25) is 5.95 Å². The van der Waals surface area contributed by atoms with E-state index in [1.54, 1.807) is 36.5 Å². The van der Waals surface area contributed by atoms with Crippen LogP contribution in [0.4, 0.5) is 11.6 Å². The third-order valence-electron chi connectivity index (χ3n) is 4.77. The van der Waals surface area contributed by atoms with Crippen LogP contribution in [0.1, 0.15) is 53.5 Å². The van der Waals surface area contributed by atoms with Crippen LogP contribution >= 0.6 is 0 Å². The van der Waals surface area contributed by atoms with Crippen molar-refractivity contribution in [1.82, 2.24) is 14.9 Å². The number of likely N-dealkylation sites (tertiary alicyclic amines) is 1. The summed E-state index contributed by atoms with van der Waals surface area (Å²) in [6.07, 6.45) is 5.74. The summed E-state index contributed by atoms with van der Waals surface area (Å²) >= 11 is 0. The van der Waals surface area contributed by atoms with E-state index in [-0.39, 0.29) is 11.9 Å². The highest BCUT2D eigenvalue weighted by Gasteiger charge is 2.27. The number of rotatable bonds is 5. The summed E-state index contributed by atoms with van der Waals surface area (Å²) < 4.78 is 4.73. The van der Waals surface area contributed by atoms with Gasteiger partial charge in [0.05, 0.1) is 12.7 Å². The van der Waals surface area contributed by atoms with Crippen LogP contribution in [0, 0.1) is 0 Å². The van der Waals surface area contributed by atoms with Gasteiger partial charge < -0.3 is 15.0 Å². The molecule has 142 valence electrons. The molecule has 1 aromatic carbocycles. The number of hydrogen-bond acceptors (Lipinski definition) is 6. The van der Waals surface area contributed by atoms with E-state index in [0.717, 1.165) is 32.2 Å². The highest BCUT2D eigenvalue weighted by atomic mass is 16.5. The van der Waals surface area contributed by atoms with Gasteiger partial charge in [-0.25, -0.2) is 14.8 Å². The molecule has 7 heteroatoms. The van der Waals surface area contributed by atoms with Crippen molar-refractivity contribution in [1.29, 1.82) is 0 Å². The van der Waals surface area contributed by atoms with E-state index in [2.05, 4.69) is 22.2 Å². The lowest BCUT2D eigenvalue weighted by Gasteiger charge is -2.35. The maximum atomic E-state index is 12.9. The minimum Gasteiger partial charge on any atom is -0.465 e. The van der Waals surface area contributed by atoms with Crippen LogP contribution < -0.4 is 5.32 Å². The Morgan fingerprint density at radius 1 is 1.30 bits per heavy atom. The molecule has 1 aliphatic heterocycles.